The molecular formula is C23H24FNO4S. The number of hydrogen-bond acceptors (Lipinski definition) is 5. The second-order valence-corrected chi connectivity index (χ2v) is 7.83. The maximum absolute atomic E-state index is 13.9. The monoisotopic (exact) mass is 429 g/mol. The maximum Gasteiger partial charge on any atom is 0.293 e. The van der Waals surface area contributed by atoms with E-state index in [0.29, 0.717) is 29.2 Å². The van der Waals surface area contributed by atoms with Crippen LogP contribution in [0.3, 0.4) is 0 Å². The van der Waals surface area contributed by atoms with Gasteiger partial charge in [-0.05, 0) is 61.9 Å². The normalized spacial score (nSPS) is 16.3. The lowest BCUT2D eigenvalue weighted by molar-refractivity contribution is -0.123. The van der Waals surface area contributed by atoms with Crippen LogP contribution in [0.4, 0.5) is 9.18 Å². The van der Waals surface area contributed by atoms with Crippen molar-refractivity contribution < 1.29 is 23.5 Å². The first-order chi connectivity index (χ1) is 14.4. The lowest BCUT2D eigenvalue weighted by atomic mass is 10.1. The van der Waals surface area contributed by atoms with Crippen LogP contribution in [0.5, 0.6) is 11.5 Å². The second-order valence-electron chi connectivity index (χ2n) is 6.84. The molecule has 0 N–H and O–H groups in total. The summed E-state index contributed by atoms with van der Waals surface area (Å²) < 4.78 is 25.5. The molecule has 1 saturated heterocycles. The topological polar surface area (TPSA) is 55.8 Å². The summed E-state index contributed by atoms with van der Waals surface area (Å²) in [6.45, 7) is 6.28. The Bertz CT molecular complexity index is 975. The quantitative estimate of drug-likeness (QED) is 0.509. The van der Waals surface area contributed by atoms with Crippen molar-refractivity contribution in [2.24, 2.45) is 0 Å². The van der Waals surface area contributed by atoms with Gasteiger partial charge in [0, 0.05) is 5.56 Å². The number of amides is 2. The lowest BCUT2D eigenvalue weighted by Gasteiger charge is -2.16. The first-order valence-electron chi connectivity index (χ1n) is 9.85. The van der Waals surface area contributed by atoms with Crippen LogP contribution in [-0.2, 0) is 11.3 Å². The molecule has 158 valence electrons. The van der Waals surface area contributed by atoms with Crippen molar-refractivity contribution in [1.82, 2.24) is 4.90 Å². The standard InChI is InChI=1S/C23H24FNO4S/c1-4-15(3)29-19-11-10-16(12-20(19)28-5-2)13-21-22(26)25(23(27)30-21)14-17-8-6-7-9-18(17)24/h6-13,15H,4-5,14H2,1-3H3/b21-13+/t15-/m1/s1. The fourth-order valence-corrected chi connectivity index (χ4v) is 3.70. The molecule has 5 nitrogen and oxygen atoms in total. The minimum atomic E-state index is -0.446. The Hall–Kier alpha value is -2.80. The summed E-state index contributed by atoms with van der Waals surface area (Å²) in [5.74, 6) is 0.332. The van der Waals surface area contributed by atoms with Crippen LogP contribution < -0.4 is 9.47 Å². The minimum Gasteiger partial charge on any atom is -0.490 e. The number of carbonyl (C=O) groups is 2. The Morgan fingerprint density at radius 3 is 2.60 bits per heavy atom. The number of halogens is 1. The van der Waals surface area contributed by atoms with Gasteiger partial charge in [0.25, 0.3) is 11.1 Å². The van der Waals surface area contributed by atoms with Crippen LogP contribution in [0.25, 0.3) is 6.08 Å². The van der Waals surface area contributed by atoms with Crippen LogP contribution in [-0.4, -0.2) is 28.8 Å². The van der Waals surface area contributed by atoms with E-state index in [0.717, 1.165) is 23.1 Å². The van der Waals surface area contributed by atoms with Gasteiger partial charge >= 0.3 is 0 Å². The lowest BCUT2D eigenvalue weighted by Crippen LogP contribution is -2.27. The number of hydrogen-bond donors (Lipinski definition) is 0. The molecule has 1 atom stereocenters. The summed E-state index contributed by atoms with van der Waals surface area (Å²) in [4.78, 5) is 26.4. The molecule has 1 aliphatic rings. The zero-order valence-electron chi connectivity index (χ0n) is 17.2. The largest absolute Gasteiger partial charge is 0.490 e. The first kappa shape index (κ1) is 21.9. The van der Waals surface area contributed by atoms with Gasteiger partial charge in [-0.3, -0.25) is 14.5 Å². The zero-order valence-corrected chi connectivity index (χ0v) is 18.0. The molecule has 7 heteroatoms. The summed E-state index contributed by atoms with van der Waals surface area (Å²) in [5.41, 5.74) is 1.01. The third-order valence-electron chi connectivity index (χ3n) is 4.63. The van der Waals surface area contributed by atoms with Gasteiger partial charge in [0.1, 0.15) is 5.82 Å². The van der Waals surface area contributed by atoms with E-state index in [1.54, 1.807) is 36.4 Å². The van der Waals surface area contributed by atoms with Crippen LogP contribution in [0.15, 0.2) is 47.4 Å². The maximum atomic E-state index is 13.9. The second kappa shape index (κ2) is 9.80. The molecule has 1 aliphatic heterocycles. The number of ether oxygens (including phenoxy) is 2. The number of carbonyl (C=O) groups excluding carboxylic acids is 2. The summed E-state index contributed by atoms with van der Waals surface area (Å²) >= 11 is 0.843. The number of imide groups is 1. The molecule has 30 heavy (non-hydrogen) atoms. The van der Waals surface area contributed by atoms with Crippen molar-refractivity contribution in [1.29, 1.82) is 0 Å². The molecule has 0 spiro atoms. The molecule has 1 heterocycles. The van der Waals surface area contributed by atoms with Gasteiger partial charge in [0.15, 0.2) is 11.5 Å². The summed E-state index contributed by atoms with van der Waals surface area (Å²) in [5, 5.41) is -0.420. The molecular weight excluding hydrogens is 405 g/mol. The van der Waals surface area contributed by atoms with Gasteiger partial charge in [-0.15, -0.1) is 0 Å². The number of nitrogens with zero attached hydrogens (tertiary/aromatic N) is 1. The number of benzene rings is 2. The van der Waals surface area contributed by atoms with E-state index in [4.69, 9.17) is 9.47 Å². The summed E-state index contributed by atoms with van der Waals surface area (Å²) in [6.07, 6.45) is 2.55. The van der Waals surface area contributed by atoms with Gasteiger partial charge in [-0.2, -0.15) is 0 Å². The molecule has 0 saturated carbocycles. The number of thioether (sulfide) groups is 1. The van der Waals surface area contributed by atoms with Crippen molar-refractivity contribution in [2.75, 3.05) is 6.61 Å². The van der Waals surface area contributed by atoms with E-state index >= 15 is 0 Å². The van der Waals surface area contributed by atoms with E-state index in [-0.39, 0.29) is 17.6 Å². The molecule has 1 fully saturated rings. The van der Waals surface area contributed by atoms with Crippen LogP contribution >= 0.6 is 11.8 Å². The fraction of sp³-hybridized carbons (Fsp3) is 0.304. The highest BCUT2D eigenvalue weighted by atomic mass is 32.2. The molecule has 0 aliphatic carbocycles. The van der Waals surface area contributed by atoms with Crippen LogP contribution in [0.1, 0.15) is 38.3 Å². The van der Waals surface area contributed by atoms with E-state index in [9.17, 15) is 14.0 Å². The van der Waals surface area contributed by atoms with Crippen molar-refractivity contribution in [2.45, 2.75) is 39.8 Å². The predicted octanol–water partition coefficient (Wildman–Crippen LogP) is 5.64. The third kappa shape index (κ3) is 5.02. The number of rotatable bonds is 8. The first-order valence-corrected chi connectivity index (χ1v) is 10.7. The van der Waals surface area contributed by atoms with Gasteiger partial charge in [0.2, 0.25) is 0 Å². The molecule has 3 rings (SSSR count). The van der Waals surface area contributed by atoms with Crippen LogP contribution in [0.2, 0.25) is 0 Å². The molecule has 2 aromatic rings. The van der Waals surface area contributed by atoms with Crippen molar-refractivity contribution in [3.63, 3.8) is 0 Å². The summed E-state index contributed by atoms with van der Waals surface area (Å²) in [7, 11) is 0. The highest BCUT2D eigenvalue weighted by Crippen LogP contribution is 2.36. The average molecular weight is 430 g/mol. The Balaban J connectivity index is 1.82. The van der Waals surface area contributed by atoms with Gasteiger partial charge < -0.3 is 9.47 Å². The minimum absolute atomic E-state index is 0.0462. The Labute approximate surface area is 179 Å². The highest BCUT2D eigenvalue weighted by molar-refractivity contribution is 8.18. The summed E-state index contributed by atoms with van der Waals surface area (Å²) in [6, 6.07) is 11.5. The average Bonchev–Trinajstić information content (AvgIpc) is 2.99. The van der Waals surface area contributed by atoms with Gasteiger partial charge in [-0.25, -0.2) is 4.39 Å². The van der Waals surface area contributed by atoms with Gasteiger partial charge in [-0.1, -0.05) is 31.2 Å². The highest BCUT2D eigenvalue weighted by Gasteiger charge is 2.35. The van der Waals surface area contributed by atoms with Gasteiger partial charge in [0.05, 0.1) is 24.2 Å². The Kier molecular flexibility index (Phi) is 7.15. The molecule has 0 bridgehead atoms. The van der Waals surface area contributed by atoms with Crippen LogP contribution in [0, 0.1) is 5.82 Å². The molecule has 0 unspecified atom stereocenters. The van der Waals surface area contributed by atoms with E-state index < -0.39 is 17.0 Å². The predicted molar refractivity (Wildman–Crippen MR) is 116 cm³/mol. The molecule has 2 amide bonds. The Morgan fingerprint density at radius 2 is 1.90 bits per heavy atom. The Morgan fingerprint density at radius 1 is 1.13 bits per heavy atom. The van der Waals surface area contributed by atoms with Crippen molar-refractivity contribution in [3.05, 3.63) is 64.3 Å². The third-order valence-corrected chi connectivity index (χ3v) is 5.54. The molecule has 2 aromatic carbocycles. The van der Waals surface area contributed by atoms with E-state index in [1.165, 1.54) is 6.07 Å². The fourth-order valence-electron chi connectivity index (χ4n) is 2.86. The van der Waals surface area contributed by atoms with Crippen molar-refractivity contribution in [3.8, 4) is 11.5 Å². The molecule has 0 aromatic heterocycles. The zero-order chi connectivity index (χ0) is 21.7. The smallest absolute Gasteiger partial charge is 0.293 e. The SMILES string of the molecule is CCOc1cc(/C=C2/SC(=O)N(Cc3ccccc3F)C2=O)ccc1O[C@H](C)CC. The van der Waals surface area contributed by atoms with E-state index in [2.05, 4.69) is 0 Å². The van der Waals surface area contributed by atoms with Crippen molar-refractivity contribution >= 4 is 29.0 Å². The molecule has 0 radical (unpaired) electrons. The van der Waals surface area contributed by atoms with E-state index in [1.807, 2.05) is 26.8 Å².